The molecule has 0 saturated carbocycles. The molecule has 60 heavy (non-hydrogen) atoms. The summed E-state index contributed by atoms with van der Waals surface area (Å²) < 4.78 is 9.23. The summed E-state index contributed by atoms with van der Waals surface area (Å²) in [4.78, 5) is 11.2. The van der Waals surface area contributed by atoms with Gasteiger partial charge >= 0.3 is 0 Å². The van der Waals surface area contributed by atoms with Crippen LogP contribution in [0.1, 0.15) is 36.1 Å². The molecule has 4 nitrogen and oxygen atoms in total. The van der Waals surface area contributed by atoms with Crippen molar-refractivity contribution >= 4 is 76.8 Å². The zero-order valence-electron chi connectivity index (χ0n) is 33.1. The average Bonchev–Trinajstić information content (AvgIpc) is 3.86. The first kappa shape index (κ1) is 34.5. The molecule has 2 atom stereocenters. The second kappa shape index (κ2) is 13.8. The summed E-state index contributed by atoms with van der Waals surface area (Å²) in [5, 5.41) is 9.52. The molecule has 0 N–H and O–H groups in total. The number of nitrogens with zero attached hydrogens (tertiary/aromatic N) is 3. The van der Waals surface area contributed by atoms with Crippen LogP contribution in [0.15, 0.2) is 209 Å². The van der Waals surface area contributed by atoms with Gasteiger partial charge in [0.1, 0.15) is 11.2 Å². The van der Waals surface area contributed by atoms with Crippen molar-refractivity contribution in [1.29, 1.82) is 0 Å². The van der Waals surface area contributed by atoms with Crippen LogP contribution in [-0.4, -0.2) is 16.1 Å². The number of fused-ring (bicyclic) bond motifs is 9. The number of hydrogen-bond donors (Lipinski definition) is 0. The second-order valence-corrected chi connectivity index (χ2v) is 15.9. The van der Waals surface area contributed by atoms with Gasteiger partial charge in [0.05, 0.1) is 33.9 Å². The maximum Gasteiger partial charge on any atom is 0.155 e. The van der Waals surface area contributed by atoms with E-state index in [-0.39, 0.29) is 12.0 Å². The van der Waals surface area contributed by atoms with Crippen molar-refractivity contribution < 1.29 is 4.42 Å². The van der Waals surface area contributed by atoms with E-state index < -0.39 is 0 Å². The van der Waals surface area contributed by atoms with Crippen LogP contribution >= 0.6 is 0 Å². The van der Waals surface area contributed by atoms with Crippen molar-refractivity contribution in [1.82, 2.24) is 4.57 Å². The number of aliphatic imine (C=N–C) groups is 2. The van der Waals surface area contributed by atoms with Crippen LogP contribution in [0.2, 0.25) is 0 Å². The minimum Gasteiger partial charge on any atom is -0.456 e. The van der Waals surface area contributed by atoms with E-state index in [1.807, 2.05) is 0 Å². The summed E-state index contributed by atoms with van der Waals surface area (Å²) in [7, 11) is 0. The van der Waals surface area contributed by atoms with Crippen LogP contribution in [0, 0.1) is 5.92 Å². The second-order valence-electron chi connectivity index (χ2n) is 15.9. The Kier molecular flexibility index (Phi) is 7.92. The Labute approximate surface area is 347 Å². The number of hydrogen-bond acceptors (Lipinski definition) is 3. The van der Waals surface area contributed by atoms with Crippen molar-refractivity contribution in [2.24, 2.45) is 15.9 Å². The van der Waals surface area contributed by atoms with Crippen LogP contribution in [-0.2, 0) is 0 Å². The molecule has 1 aliphatic rings. The zero-order chi connectivity index (χ0) is 39.7. The highest BCUT2D eigenvalue weighted by atomic mass is 16.3. The molecule has 0 aliphatic carbocycles. The standard InChI is InChI=1S/C56H39N3O/c1-2-42-53(38-18-7-4-8-19-38)57-56(39-27-25-36(26-28-39)35-15-5-3-6-16-35)58-54(42)45-30-32-50-52(44-23-13-14-24-49(44)60-50)55(45)59-47-31-29-37-17-11-12-22-43(37)51(47)46-33-40-20-9-10-21-41(40)34-48(46)59/h3-34,42,54H,2H2,1H3. The van der Waals surface area contributed by atoms with Gasteiger partial charge in [-0.3, -0.25) is 4.99 Å². The molecular weight excluding hydrogens is 731 g/mol. The molecule has 9 aromatic carbocycles. The van der Waals surface area contributed by atoms with Crippen LogP contribution in [0.3, 0.4) is 0 Å². The molecule has 4 heteroatoms. The van der Waals surface area contributed by atoms with Gasteiger partial charge in [-0.25, -0.2) is 4.99 Å². The SMILES string of the molecule is CCC1C(c2ccccc2)=NC(c2ccc(-c3ccccc3)cc2)=NC1c1ccc2oc3ccccc3c2c1-n1c2cc3ccccc3cc2c2c3ccccc3ccc21. The van der Waals surface area contributed by atoms with Crippen LogP contribution < -0.4 is 0 Å². The van der Waals surface area contributed by atoms with Gasteiger partial charge in [-0.1, -0.05) is 171 Å². The van der Waals surface area contributed by atoms with E-state index in [1.165, 1.54) is 37.9 Å². The van der Waals surface area contributed by atoms with Crippen LogP contribution in [0.25, 0.3) is 82.1 Å². The lowest BCUT2D eigenvalue weighted by molar-refractivity contribution is 0.531. The van der Waals surface area contributed by atoms with E-state index in [4.69, 9.17) is 14.4 Å². The first-order valence-corrected chi connectivity index (χ1v) is 20.9. The molecule has 0 spiro atoms. The van der Waals surface area contributed by atoms with Crippen molar-refractivity contribution in [3.05, 3.63) is 211 Å². The quantitative estimate of drug-likeness (QED) is 0.166. The number of para-hydroxylation sites is 1. The average molecular weight is 770 g/mol. The van der Waals surface area contributed by atoms with E-state index in [0.717, 1.165) is 78.9 Å². The lowest BCUT2D eigenvalue weighted by atomic mass is 9.82. The molecule has 0 amide bonds. The fraction of sp³-hybridized carbons (Fsp3) is 0.0714. The van der Waals surface area contributed by atoms with Crippen LogP contribution in [0.4, 0.5) is 0 Å². The number of benzene rings is 9. The first-order valence-electron chi connectivity index (χ1n) is 20.9. The summed E-state index contributed by atoms with van der Waals surface area (Å²) in [6.07, 6.45) is 0.855. The van der Waals surface area contributed by atoms with Gasteiger partial charge in [0.2, 0.25) is 0 Å². The summed E-state index contributed by atoms with van der Waals surface area (Å²) in [6, 6.07) is 69.4. The first-order chi connectivity index (χ1) is 29.7. The van der Waals surface area contributed by atoms with Gasteiger partial charge in [0.25, 0.3) is 0 Å². The predicted octanol–water partition coefficient (Wildman–Crippen LogP) is 14.7. The molecule has 0 saturated heterocycles. The van der Waals surface area contributed by atoms with Crippen molar-refractivity contribution in [3.8, 4) is 16.8 Å². The number of furan rings is 1. The predicted molar refractivity (Wildman–Crippen MR) is 251 cm³/mol. The molecule has 0 fully saturated rings. The lowest BCUT2D eigenvalue weighted by Crippen LogP contribution is -2.28. The molecule has 1 aliphatic heterocycles. The van der Waals surface area contributed by atoms with Crippen molar-refractivity contribution in [3.63, 3.8) is 0 Å². The van der Waals surface area contributed by atoms with E-state index in [1.54, 1.807) is 0 Å². The Morgan fingerprint density at radius 2 is 1.12 bits per heavy atom. The Bertz CT molecular complexity index is 3520. The number of amidine groups is 1. The third kappa shape index (κ3) is 5.38. The molecule has 0 radical (unpaired) electrons. The summed E-state index contributed by atoms with van der Waals surface area (Å²) in [5.41, 5.74) is 11.8. The van der Waals surface area contributed by atoms with E-state index in [2.05, 4.69) is 206 Å². The number of aromatic nitrogens is 1. The smallest absolute Gasteiger partial charge is 0.155 e. The van der Waals surface area contributed by atoms with Gasteiger partial charge in [0, 0.05) is 33.2 Å². The molecule has 2 aromatic heterocycles. The maximum absolute atomic E-state index is 6.71. The third-order valence-electron chi connectivity index (χ3n) is 12.6. The van der Waals surface area contributed by atoms with Gasteiger partial charge in [-0.15, -0.1) is 0 Å². The van der Waals surface area contributed by atoms with E-state index in [0.29, 0.717) is 0 Å². The Morgan fingerprint density at radius 1 is 0.483 bits per heavy atom. The lowest BCUT2D eigenvalue weighted by Gasteiger charge is -2.31. The zero-order valence-corrected chi connectivity index (χ0v) is 33.1. The summed E-state index contributed by atoms with van der Waals surface area (Å²) >= 11 is 0. The van der Waals surface area contributed by atoms with Gasteiger partial charge < -0.3 is 8.98 Å². The third-order valence-corrected chi connectivity index (χ3v) is 12.6. The molecule has 3 heterocycles. The topological polar surface area (TPSA) is 42.8 Å². The molecule has 12 rings (SSSR count). The van der Waals surface area contributed by atoms with E-state index >= 15 is 0 Å². The van der Waals surface area contributed by atoms with Crippen LogP contribution in [0.5, 0.6) is 0 Å². The van der Waals surface area contributed by atoms with Gasteiger partial charge in [-0.05, 0) is 75.0 Å². The van der Waals surface area contributed by atoms with Crippen molar-refractivity contribution in [2.45, 2.75) is 19.4 Å². The summed E-state index contributed by atoms with van der Waals surface area (Å²) in [6.45, 7) is 2.27. The highest BCUT2D eigenvalue weighted by Crippen LogP contribution is 2.47. The molecule has 11 aromatic rings. The number of rotatable bonds is 6. The molecule has 284 valence electrons. The maximum atomic E-state index is 6.71. The minimum absolute atomic E-state index is 0.00357. The molecular formula is C56H39N3O. The minimum atomic E-state index is -0.256. The fourth-order valence-electron chi connectivity index (χ4n) is 9.78. The normalized spacial score (nSPS) is 15.7. The Balaban J connectivity index is 1.19. The van der Waals surface area contributed by atoms with E-state index in [9.17, 15) is 0 Å². The molecule has 2 unspecified atom stereocenters. The largest absolute Gasteiger partial charge is 0.456 e. The molecule has 0 bridgehead atoms. The fourth-order valence-corrected chi connectivity index (χ4v) is 9.78. The Hall–Kier alpha value is -7.56. The summed E-state index contributed by atoms with van der Waals surface area (Å²) in [5.74, 6) is 0.745. The monoisotopic (exact) mass is 769 g/mol. The highest BCUT2D eigenvalue weighted by Gasteiger charge is 2.35. The van der Waals surface area contributed by atoms with Gasteiger partial charge in [-0.2, -0.15) is 0 Å². The van der Waals surface area contributed by atoms with Gasteiger partial charge in [0.15, 0.2) is 5.84 Å². The highest BCUT2D eigenvalue weighted by molar-refractivity contribution is 6.24. The Morgan fingerprint density at radius 3 is 1.88 bits per heavy atom. The van der Waals surface area contributed by atoms with Crippen molar-refractivity contribution in [2.75, 3.05) is 0 Å².